The van der Waals surface area contributed by atoms with Gasteiger partial charge in [-0.05, 0) is 28.5 Å². The highest BCUT2D eigenvalue weighted by molar-refractivity contribution is 5.97. The summed E-state index contributed by atoms with van der Waals surface area (Å²) in [4.78, 5) is 0. The number of hydrogen-bond donors (Lipinski definition) is 1. The lowest BCUT2D eigenvalue weighted by Gasteiger charge is -2.11. The lowest BCUT2D eigenvalue weighted by Crippen LogP contribution is -1.95. The van der Waals surface area contributed by atoms with Gasteiger partial charge in [-0.1, -0.05) is 91.0 Å². The minimum atomic E-state index is 0.0921. The molecule has 0 aromatic heterocycles. The standard InChI is InChI=1S/C27H20N2O2/c30-24-16-14-20-10-4-6-12-22(20)26(24)28-29-27-23-13-7-5-11-21(23)15-17-25(27)31-18-19-8-2-1-3-9-19/h1-17,30H,18H2. The molecule has 31 heavy (non-hydrogen) atoms. The van der Waals surface area contributed by atoms with Crippen LogP contribution in [0.15, 0.2) is 113 Å². The summed E-state index contributed by atoms with van der Waals surface area (Å²) >= 11 is 0. The summed E-state index contributed by atoms with van der Waals surface area (Å²) in [5, 5.41) is 23.3. The van der Waals surface area contributed by atoms with Crippen molar-refractivity contribution in [2.24, 2.45) is 10.2 Å². The molecular formula is C27H20N2O2. The lowest BCUT2D eigenvalue weighted by atomic mass is 10.1. The average molecular weight is 404 g/mol. The molecule has 0 spiro atoms. The molecule has 0 radical (unpaired) electrons. The molecule has 0 saturated heterocycles. The first-order valence-corrected chi connectivity index (χ1v) is 10.1. The molecule has 0 amide bonds. The van der Waals surface area contributed by atoms with E-state index in [1.54, 1.807) is 6.07 Å². The highest BCUT2D eigenvalue weighted by atomic mass is 16.5. The summed E-state index contributed by atoms with van der Waals surface area (Å²) in [6.45, 7) is 0.432. The van der Waals surface area contributed by atoms with Crippen LogP contribution in [0, 0.1) is 0 Å². The van der Waals surface area contributed by atoms with E-state index >= 15 is 0 Å². The van der Waals surface area contributed by atoms with Gasteiger partial charge in [-0.2, -0.15) is 0 Å². The van der Waals surface area contributed by atoms with Gasteiger partial charge in [0.1, 0.15) is 29.5 Å². The van der Waals surface area contributed by atoms with E-state index in [-0.39, 0.29) is 5.75 Å². The third-order valence-electron chi connectivity index (χ3n) is 5.23. The highest BCUT2D eigenvalue weighted by Gasteiger charge is 2.11. The van der Waals surface area contributed by atoms with E-state index in [2.05, 4.69) is 10.2 Å². The van der Waals surface area contributed by atoms with Crippen LogP contribution in [0.1, 0.15) is 5.56 Å². The summed E-state index contributed by atoms with van der Waals surface area (Å²) in [5.41, 5.74) is 2.16. The van der Waals surface area contributed by atoms with Crippen molar-refractivity contribution in [2.45, 2.75) is 6.61 Å². The zero-order valence-electron chi connectivity index (χ0n) is 16.8. The molecule has 0 aliphatic rings. The number of phenolic OH excluding ortho intramolecular Hbond substituents is 1. The molecule has 1 N–H and O–H groups in total. The first-order chi connectivity index (χ1) is 15.3. The summed E-state index contributed by atoms with van der Waals surface area (Å²) in [7, 11) is 0. The molecule has 0 bridgehead atoms. The fourth-order valence-electron chi connectivity index (χ4n) is 3.64. The van der Waals surface area contributed by atoms with E-state index in [4.69, 9.17) is 4.74 Å². The Kier molecular flexibility index (Phi) is 5.03. The van der Waals surface area contributed by atoms with Crippen molar-refractivity contribution >= 4 is 32.9 Å². The van der Waals surface area contributed by atoms with Gasteiger partial charge >= 0.3 is 0 Å². The molecule has 4 heteroatoms. The van der Waals surface area contributed by atoms with E-state index in [9.17, 15) is 5.11 Å². The van der Waals surface area contributed by atoms with Crippen LogP contribution in [0.2, 0.25) is 0 Å². The zero-order chi connectivity index (χ0) is 21.0. The van der Waals surface area contributed by atoms with Crippen molar-refractivity contribution in [2.75, 3.05) is 0 Å². The number of hydrogen-bond acceptors (Lipinski definition) is 4. The van der Waals surface area contributed by atoms with Gasteiger partial charge < -0.3 is 9.84 Å². The number of azo groups is 1. The molecule has 0 unspecified atom stereocenters. The van der Waals surface area contributed by atoms with Gasteiger partial charge in [-0.15, -0.1) is 10.2 Å². The Hall–Kier alpha value is -4.18. The number of fused-ring (bicyclic) bond motifs is 2. The van der Waals surface area contributed by atoms with E-state index in [1.165, 1.54) is 0 Å². The lowest BCUT2D eigenvalue weighted by molar-refractivity contribution is 0.307. The molecular weight excluding hydrogens is 384 g/mol. The molecule has 0 atom stereocenters. The summed E-state index contributed by atoms with van der Waals surface area (Å²) in [5.74, 6) is 0.737. The predicted molar refractivity (Wildman–Crippen MR) is 125 cm³/mol. The average Bonchev–Trinajstić information content (AvgIpc) is 2.83. The van der Waals surface area contributed by atoms with Crippen molar-refractivity contribution in [3.8, 4) is 11.5 Å². The summed E-state index contributed by atoms with van der Waals surface area (Å²) < 4.78 is 6.12. The van der Waals surface area contributed by atoms with E-state index < -0.39 is 0 Å². The largest absolute Gasteiger partial charge is 0.506 e. The third-order valence-corrected chi connectivity index (χ3v) is 5.23. The Balaban J connectivity index is 1.59. The second kappa shape index (κ2) is 8.28. The molecule has 5 aromatic rings. The van der Waals surface area contributed by atoms with E-state index in [1.807, 2.05) is 97.1 Å². The maximum atomic E-state index is 10.4. The van der Waals surface area contributed by atoms with Crippen LogP contribution in [0.5, 0.6) is 11.5 Å². The predicted octanol–water partition coefficient (Wildman–Crippen LogP) is 7.69. The first-order valence-electron chi connectivity index (χ1n) is 10.1. The van der Waals surface area contributed by atoms with Crippen molar-refractivity contribution in [1.29, 1.82) is 0 Å². The van der Waals surface area contributed by atoms with Crippen LogP contribution in [-0.2, 0) is 6.61 Å². The molecule has 150 valence electrons. The molecule has 0 saturated carbocycles. The second-order valence-corrected chi connectivity index (χ2v) is 7.26. The number of benzene rings is 5. The second-order valence-electron chi connectivity index (χ2n) is 7.26. The Morgan fingerprint density at radius 3 is 1.90 bits per heavy atom. The monoisotopic (exact) mass is 404 g/mol. The molecule has 0 fully saturated rings. The van der Waals surface area contributed by atoms with Crippen molar-refractivity contribution in [3.05, 3.63) is 109 Å². The van der Waals surface area contributed by atoms with Crippen LogP contribution in [0.25, 0.3) is 21.5 Å². The van der Waals surface area contributed by atoms with Crippen molar-refractivity contribution in [3.63, 3.8) is 0 Å². The Labute approximate surface area is 180 Å². The van der Waals surface area contributed by atoms with Gasteiger partial charge in [0.05, 0.1) is 0 Å². The normalized spacial score (nSPS) is 11.4. The van der Waals surface area contributed by atoms with Gasteiger partial charge in [-0.25, -0.2) is 0 Å². The highest BCUT2D eigenvalue weighted by Crippen LogP contribution is 2.40. The Morgan fingerprint density at radius 1 is 0.581 bits per heavy atom. The minimum absolute atomic E-state index is 0.0921. The molecule has 4 nitrogen and oxygen atoms in total. The Bertz CT molecular complexity index is 1390. The smallest absolute Gasteiger partial charge is 0.147 e. The van der Waals surface area contributed by atoms with Gasteiger partial charge in [0.2, 0.25) is 0 Å². The van der Waals surface area contributed by atoms with Gasteiger partial charge in [0, 0.05) is 10.8 Å². The van der Waals surface area contributed by atoms with Crippen LogP contribution in [0.4, 0.5) is 11.4 Å². The third kappa shape index (κ3) is 3.83. The number of rotatable bonds is 5. The number of phenols is 1. The van der Waals surface area contributed by atoms with Crippen molar-refractivity contribution in [1.82, 2.24) is 0 Å². The van der Waals surface area contributed by atoms with E-state index in [0.717, 1.165) is 27.1 Å². The number of nitrogens with zero attached hydrogens (tertiary/aromatic N) is 2. The minimum Gasteiger partial charge on any atom is -0.506 e. The van der Waals surface area contributed by atoms with Crippen LogP contribution in [-0.4, -0.2) is 5.11 Å². The van der Waals surface area contributed by atoms with E-state index in [0.29, 0.717) is 23.7 Å². The van der Waals surface area contributed by atoms with Crippen LogP contribution >= 0.6 is 0 Å². The maximum absolute atomic E-state index is 10.4. The molecule has 5 aromatic carbocycles. The van der Waals surface area contributed by atoms with Gasteiger partial charge in [0.25, 0.3) is 0 Å². The first kappa shape index (κ1) is 18.8. The fraction of sp³-hybridized carbons (Fsp3) is 0.0370. The molecule has 0 aliphatic heterocycles. The maximum Gasteiger partial charge on any atom is 0.147 e. The molecule has 5 rings (SSSR count). The SMILES string of the molecule is Oc1ccc2ccccc2c1N=Nc1c(OCc2ccccc2)ccc2ccccc12. The zero-order valence-corrected chi connectivity index (χ0v) is 16.8. The fourth-order valence-corrected chi connectivity index (χ4v) is 3.64. The van der Waals surface area contributed by atoms with Crippen LogP contribution in [0.3, 0.4) is 0 Å². The summed E-state index contributed by atoms with van der Waals surface area (Å²) in [6.07, 6.45) is 0. The van der Waals surface area contributed by atoms with Crippen molar-refractivity contribution < 1.29 is 9.84 Å². The number of ether oxygens (including phenoxy) is 1. The summed E-state index contributed by atoms with van der Waals surface area (Å²) in [6, 6.07) is 33.3. The Morgan fingerprint density at radius 2 is 1.16 bits per heavy atom. The van der Waals surface area contributed by atoms with Gasteiger partial charge in [0.15, 0.2) is 0 Å². The van der Waals surface area contributed by atoms with Crippen LogP contribution < -0.4 is 4.74 Å². The molecule has 0 aliphatic carbocycles. The number of aromatic hydroxyl groups is 1. The quantitative estimate of drug-likeness (QED) is 0.305. The molecule has 0 heterocycles. The topological polar surface area (TPSA) is 54.2 Å². The van der Waals surface area contributed by atoms with Gasteiger partial charge in [-0.3, -0.25) is 0 Å².